The SMILES string of the molecule is C=CCN(c1ccccc1)c1ccc([N+](=O)[O-])cc1Br. The molecule has 0 aliphatic rings. The standard InChI is InChI=1S/C15H13BrN2O2/c1-2-10-17(12-6-4-3-5-7-12)15-9-8-13(18(19)20)11-14(15)16/h2-9,11H,1,10H2. The van der Waals surface area contributed by atoms with Crippen LogP contribution in [-0.2, 0) is 0 Å². The van der Waals surface area contributed by atoms with Crippen molar-refractivity contribution in [3.8, 4) is 0 Å². The number of hydrogen-bond donors (Lipinski definition) is 0. The zero-order valence-electron chi connectivity index (χ0n) is 10.7. The molecule has 20 heavy (non-hydrogen) atoms. The fraction of sp³-hybridized carbons (Fsp3) is 0.0667. The molecule has 0 atom stereocenters. The van der Waals surface area contributed by atoms with E-state index in [2.05, 4.69) is 22.5 Å². The zero-order valence-corrected chi connectivity index (χ0v) is 12.3. The van der Waals surface area contributed by atoms with Crippen LogP contribution in [-0.4, -0.2) is 11.5 Å². The molecule has 0 aliphatic carbocycles. The predicted octanol–water partition coefficient (Wildman–Crippen LogP) is 4.68. The minimum atomic E-state index is -0.408. The number of benzene rings is 2. The first-order valence-corrected chi connectivity index (χ1v) is 6.80. The van der Waals surface area contributed by atoms with Gasteiger partial charge in [-0.3, -0.25) is 10.1 Å². The lowest BCUT2D eigenvalue weighted by Gasteiger charge is -2.24. The van der Waals surface area contributed by atoms with Gasteiger partial charge in [-0.15, -0.1) is 6.58 Å². The van der Waals surface area contributed by atoms with Gasteiger partial charge in [0.25, 0.3) is 5.69 Å². The highest BCUT2D eigenvalue weighted by atomic mass is 79.9. The molecule has 2 rings (SSSR count). The maximum absolute atomic E-state index is 10.8. The molecule has 0 aliphatic heterocycles. The van der Waals surface area contributed by atoms with Crippen LogP contribution in [0, 0.1) is 10.1 Å². The van der Waals surface area contributed by atoms with Gasteiger partial charge in [-0.2, -0.15) is 0 Å². The minimum Gasteiger partial charge on any atom is -0.337 e. The van der Waals surface area contributed by atoms with E-state index in [-0.39, 0.29) is 5.69 Å². The predicted molar refractivity (Wildman–Crippen MR) is 84.4 cm³/mol. The number of para-hydroxylation sites is 1. The van der Waals surface area contributed by atoms with E-state index in [4.69, 9.17) is 0 Å². The average Bonchev–Trinajstić information content (AvgIpc) is 2.46. The number of halogens is 1. The van der Waals surface area contributed by atoms with E-state index in [1.54, 1.807) is 12.1 Å². The lowest BCUT2D eigenvalue weighted by Crippen LogP contribution is -2.17. The van der Waals surface area contributed by atoms with Crippen molar-refractivity contribution in [1.82, 2.24) is 0 Å². The molecule has 0 N–H and O–H groups in total. The first-order valence-electron chi connectivity index (χ1n) is 6.01. The monoisotopic (exact) mass is 332 g/mol. The first kappa shape index (κ1) is 14.3. The smallest absolute Gasteiger partial charge is 0.270 e. The van der Waals surface area contributed by atoms with Gasteiger partial charge in [0.1, 0.15) is 0 Å². The topological polar surface area (TPSA) is 46.4 Å². The highest BCUT2D eigenvalue weighted by Gasteiger charge is 2.14. The minimum absolute atomic E-state index is 0.0623. The van der Waals surface area contributed by atoms with Gasteiger partial charge in [0, 0.05) is 28.8 Å². The summed E-state index contributed by atoms with van der Waals surface area (Å²) in [6.45, 7) is 4.37. The molecule has 102 valence electrons. The molecule has 0 aromatic heterocycles. The second-order valence-electron chi connectivity index (χ2n) is 4.13. The van der Waals surface area contributed by atoms with Crippen LogP contribution in [0.5, 0.6) is 0 Å². The van der Waals surface area contributed by atoms with Crippen molar-refractivity contribution in [2.45, 2.75) is 0 Å². The molecule has 0 heterocycles. The van der Waals surface area contributed by atoms with Crippen molar-refractivity contribution >= 4 is 33.0 Å². The number of non-ortho nitro benzene ring substituents is 1. The van der Waals surface area contributed by atoms with Crippen molar-refractivity contribution in [2.75, 3.05) is 11.4 Å². The normalized spacial score (nSPS) is 10.1. The van der Waals surface area contributed by atoms with Crippen LogP contribution in [0.25, 0.3) is 0 Å². The fourth-order valence-corrected chi connectivity index (χ4v) is 2.49. The van der Waals surface area contributed by atoms with Crippen LogP contribution in [0.4, 0.5) is 17.1 Å². The summed E-state index contributed by atoms with van der Waals surface area (Å²) in [6, 6.07) is 14.6. The average molecular weight is 333 g/mol. The Morgan fingerprint density at radius 3 is 2.50 bits per heavy atom. The molecule has 2 aromatic rings. The molecule has 0 fully saturated rings. The maximum atomic E-state index is 10.8. The van der Waals surface area contributed by atoms with Gasteiger partial charge in [-0.1, -0.05) is 24.3 Å². The maximum Gasteiger partial charge on any atom is 0.270 e. The highest BCUT2D eigenvalue weighted by molar-refractivity contribution is 9.10. The molecule has 0 spiro atoms. The van der Waals surface area contributed by atoms with Crippen molar-refractivity contribution in [3.63, 3.8) is 0 Å². The van der Waals surface area contributed by atoms with E-state index in [9.17, 15) is 10.1 Å². The largest absolute Gasteiger partial charge is 0.337 e. The third-order valence-electron chi connectivity index (χ3n) is 2.81. The molecule has 0 radical (unpaired) electrons. The van der Waals surface area contributed by atoms with E-state index in [1.807, 2.05) is 35.2 Å². The lowest BCUT2D eigenvalue weighted by molar-refractivity contribution is -0.384. The van der Waals surface area contributed by atoms with Crippen molar-refractivity contribution < 1.29 is 4.92 Å². The molecule has 0 unspecified atom stereocenters. The van der Waals surface area contributed by atoms with Crippen LogP contribution >= 0.6 is 15.9 Å². The van der Waals surface area contributed by atoms with E-state index < -0.39 is 4.92 Å². The van der Waals surface area contributed by atoms with Crippen LogP contribution in [0.1, 0.15) is 0 Å². The molecule has 0 saturated heterocycles. The zero-order chi connectivity index (χ0) is 14.5. The quantitative estimate of drug-likeness (QED) is 0.453. The van der Waals surface area contributed by atoms with Gasteiger partial charge < -0.3 is 4.90 Å². The van der Waals surface area contributed by atoms with Gasteiger partial charge in [-0.25, -0.2) is 0 Å². The van der Waals surface area contributed by atoms with E-state index in [0.29, 0.717) is 11.0 Å². The van der Waals surface area contributed by atoms with E-state index in [1.165, 1.54) is 12.1 Å². The second-order valence-corrected chi connectivity index (χ2v) is 4.98. The van der Waals surface area contributed by atoms with Crippen molar-refractivity contribution in [2.24, 2.45) is 0 Å². The first-order chi connectivity index (χ1) is 9.63. The molecule has 5 heteroatoms. The number of rotatable bonds is 5. The third-order valence-corrected chi connectivity index (χ3v) is 3.45. The molecule has 0 bridgehead atoms. The van der Waals surface area contributed by atoms with Crippen molar-refractivity contribution in [1.29, 1.82) is 0 Å². The summed E-state index contributed by atoms with van der Waals surface area (Å²) in [6.07, 6.45) is 1.79. The number of nitro groups is 1. The number of anilines is 2. The van der Waals surface area contributed by atoms with Crippen molar-refractivity contribution in [3.05, 3.63) is 75.8 Å². The summed E-state index contributed by atoms with van der Waals surface area (Å²) in [5.41, 5.74) is 1.93. The van der Waals surface area contributed by atoms with Gasteiger partial charge in [-0.05, 0) is 34.1 Å². The van der Waals surface area contributed by atoms with Gasteiger partial charge in [0.05, 0.1) is 10.6 Å². The Hall–Kier alpha value is -2.14. The second kappa shape index (κ2) is 6.34. The van der Waals surface area contributed by atoms with Gasteiger partial charge >= 0.3 is 0 Å². The van der Waals surface area contributed by atoms with E-state index >= 15 is 0 Å². The third kappa shape index (κ3) is 3.05. The molecule has 0 amide bonds. The highest BCUT2D eigenvalue weighted by Crippen LogP contribution is 2.34. The Bertz CT molecular complexity index is 629. The Morgan fingerprint density at radius 2 is 1.95 bits per heavy atom. The molecule has 4 nitrogen and oxygen atoms in total. The molecular weight excluding hydrogens is 320 g/mol. The Labute approximate surface area is 125 Å². The summed E-state index contributed by atoms with van der Waals surface area (Å²) in [7, 11) is 0. The Kier molecular flexibility index (Phi) is 4.53. The summed E-state index contributed by atoms with van der Waals surface area (Å²) < 4.78 is 0.678. The Balaban J connectivity index is 2.45. The number of nitro benzene ring substituents is 1. The summed E-state index contributed by atoms with van der Waals surface area (Å²) in [4.78, 5) is 12.4. The van der Waals surface area contributed by atoms with Gasteiger partial charge in [0.15, 0.2) is 0 Å². The molecular formula is C15H13BrN2O2. The lowest BCUT2D eigenvalue weighted by atomic mass is 10.2. The van der Waals surface area contributed by atoms with Crippen LogP contribution in [0.15, 0.2) is 65.7 Å². The summed E-state index contributed by atoms with van der Waals surface area (Å²) in [5, 5.41) is 10.8. The van der Waals surface area contributed by atoms with Crippen LogP contribution < -0.4 is 4.90 Å². The fourth-order valence-electron chi connectivity index (χ4n) is 1.91. The molecule has 2 aromatic carbocycles. The number of nitrogens with zero attached hydrogens (tertiary/aromatic N) is 2. The van der Waals surface area contributed by atoms with Crippen LogP contribution in [0.2, 0.25) is 0 Å². The summed E-state index contributed by atoms with van der Waals surface area (Å²) >= 11 is 3.40. The molecule has 0 saturated carbocycles. The number of hydrogen-bond acceptors (Lipinski definition) is 3. The summed E-state index contributed by atoms with van der Waals surface area (Å²) in [5.74, 6) is 0. The van der Waals surface area contributed by atoms with Crippen LogP contribution in [0.3, 0.4) is 0 Å². The van der Waals surface area contributed by atoms with Gasteiger partial charge in [0.2, 0.25) is 0 Å². The Morgan fingerprint density at radius 1 is 1.25 bits per heavy atom. The van der Waals surface area contributed by atoms with E-state index in [0.717, 1.165) is 11.4 Å².